The fourth-order valence-corrected chi connectivity index (χ4v) is 2.61. The van der Waals surface area contributed by atoms with Crippen LogP contribution in [0.4, 0.5) is 0 Å². The van der Waals surface area contributed by atoms with Gasteiger partial charge in [0.05, 0.1) is 0 Å². The molecule has 1 aliphatic carbocycles. The smallest absolute Gasteiger partial charge is 0.315 e. The molecule has 21 heavy (non-hydrogen) atoms. The number of nitrogens with zero attached hydrogens (tertiary/aromatic N) is 2. The van der Waals surface area contributed by atoms with Crippen LogP contribution in [0.25, 0.3) is 11.5 Å². The van der Waals surface area contributed by atoms with E-state index in [0.29, 0.717) is 12.3 Å². The highest BCUT2D eigenvalue weighted by atomic mass is 35.5. The van der Waals surface area contributed by atoms with E-state index in [1.165, 1.54) is 0 Å². The van der Waals surface area contributed by atoms with Crippen LogP contribution in [0.2, 0.25) is 0 Å². The maximum atomic E-state index is 11.9. The van der Waals surface area contributed by atoms with Gasteiger partial charge in [0.25, 0.3) is 5.89 Å². The van der Waals surface area contributed by atoms with Crippen LogP contribution < -0.4 is 0 Å². The zero-order valence-electron chi connectivity index (χ0n) is 11.2. The summed E-state index contributed by atoms with van der Waals surface area (Å²) in [5.41, 5.74) is -0.0597. The van der Waals surface area contributed by atoms with E-state index in [9.17, 15) is 4.79 Å². The molecule has 0 radical (unpaired) electrons. The lowest BCUT2D eigenvalue weighted by atomic mass is 10.1. The van der Waals surface area contributed by atoms with Crippen LogP contribution in [0.3, 0.4) is 0 Å². The number of alkyl halides is 2. The second-order valence-corrected chi connectivity index (χ2v) is 6.64. The summed E-state index contributed by atoms with van der Waals surface area (Å²) < 4.78 is 9.53. The van der Waals surface area contributed by atoms with E-state index >= 15 is 0 Å². The van der Waals surface area contributed by atoms with Crippen LogP contribution in [0, 0.1) is 5.41 Å². The van der Waals surface area contributed by atoms with Crippen molar-refractivity contribution in [3.05, 3.63) is 36.2 Å². The Balaban J connectivity index is 1.63. The fraction of sp³-hybridized carbons (Fsp3) is 0.357. The van der Waals surface area contributed by atoms with Gasteiger partial charge in [0.2, 0.25) is 5.89 Å². The summed E-state index contributed by atoms with van der Waals surface area (Å²) >= 11 is 11.8. The second kappa shape index (κ2) is 5.00. The molecular formula is C14H12Cl2N2O3. The Hall–Kier alpha value is -1.59. The summed E-state index contributed by atoms with van der Waals surface area (Å²) in [4.78, 5) is 11.9. The number of carbonyl (C=O) groups excluding carboxylic acids is 1. The van der Waals surface area contributed by atoms with Gasteiger partial charge in [-0.3, -0.25) is 4.79 Å². The molecule has 0 amide bonds. The molecule has 1 atom stereocenters. The Morgan fingerprint density at radius 2 is 2.00 bits per heavy atom. The zero-order valence-corrected chi connectivity index (χ0v) is 12.7. The van der Waals surface area contributed by atoms with E-state index in [-0.39, 0.29) is 12.5 Å². The van der Waals surface area contributed by atoms with E-state index in [1.54, 1.807) is 6.92 Å². The molecule has 0 saturated heterocycles. The standard InChI is InChI=1S/C14H12Cl2N2O3/c1-13(8-14(13,15)16)12(19)20-7-10-17-18-11(21-10)9-5-3-2-4-6-9/h2-6H,7-8H2,1H3/t13-/m1/s1. The Morgan fingerprint density at radius 1 is 1.33 bits per heavy atom. The predicted molar refractivity (Wildman–Crippen MR) is 76.7 cm³/mol. The third kappa shape index (κ3) is 2.63. The number of ether oxygens (including phenoxy) is 1. The van der Waals surface area contributed by atoms with Crippen molar-refractivity contribution in [2.75, 3.05) is 0 Å². The molecule has 1 aromatic carbocycles. The monoisotopic (exact) mass is 326 g/mol. The lowest BCUT2D eigenvalue weighted by Gasteiger charge is -2.09. The Bertz CT molecular complexity index is 672. The summed E-state index contributed by atoms with van der Waals surface area (Å²) in [6.45, 7) is 1.57. The number of halogens is 2. The Morgan fingerprint density at radius 3 is 2.62 bits per heavy atom. The van der Waals surface area contributed by atoms with Gasteiger partial charge in [0.1, 0.15) is 9.75 Å². The number of hydrogen-bond acceptors (Lipinski definition) is 5. The van der Waals surface area contributed by atoms with Crippen molar-refractivity contribution in [1.82, 2.24) is 10.2 Å². The van der Waals surface area contributed by atoms with Crippen molar-refractivity contribution in [2.24, 2.45) is 5.41 Å². The van der Waals surface area contributed by atoms with Crippen molar-refractivity contribution in [1.29, 1.82) is 0 Å². The number of carbonyl (C=O) groups is 1. The highest BCUT2D eigenvalue weighted by Gasteiger charge is 2.69. The Kier molecular flexibility index (Phi) is 3.42. The van der Waals surface area contributed by atoms with E-state index in [0.717, 1.165) is 5.56 Å². The van der Waals surface area contributed by atoms with Gasteiger partial charge in [-0.15, -0.1) is 33.4 Å². The summed E-state index contributed by atoms with van der Waals surface area (Å²) in [6.07, 6.45) is 0.376. The molecule has 1 saturated carbocycles. The number of esters is 1. The van der Waals surface area contributed by atoms with Gasteiger partial charge in [-0.2, -0.15) is 0 Å². The maximum Gasteiger partial charge on any atom is 0.315 e. The Labute approximate surface area is 131 Å². The lowest BCUT2D eigenvalue weighted by Crippen LogP contribution is -2.21. The van der Waals surface area contributed by atoms with Crippen LogP contribution in [-0.4, -0.2) is 20.5 Å². The molecule has 5 nitrogen and oxygen atoms in total. The minimum absolute atomic E-state index is 0.0991. The first-order valence-electron chi connectivity index (χ1n) is 6.35. The molecule has 0 bridgehead atoms. The van der Waals surface area contributed by atoms with Gasteiger partial charge < -0.3 is 9.15 Å². The van der Waals surface area contributed by atoms with Gasteiger partial charge in [0, 0.05) is 12.0 Å². The van der Waals surface area contributed by atoms with Crippen LogP contribution >= 0.6 is 23.2 Å². The quantitative estimate of drug-likeness (QED) is 0.636. The van der Waals surface area contributed by atoms with Crippen LogP contribution in [-0.2, 0) is 16.1 Å². The first kappa shape index (κ1) is 14.4. The third-order valence-corrected chi connectivity index (χ3v) is 4.62. The zero-order chi connectivity index (χ0) is 15.1. The van der Waals surface area contributed by atoms with Crippen molar-refractivity contribution >= 4 is 29.2 Å². The predicted octanol–water partition coefficient (Wildman–Crippen LogP) is 3.36. The molecule has 1 heterocycles. The SMILES string of the molecule is C[C@]1(C(=O)OCc2nnc(-c3ccccc3)o2)CC1(Cl)Cl. The van der Waals surface area contributed by atoms with Gasteiger partial charge >= 0.3 is 5.97 Å². The van der Waals surface area contributed by atoms with Gasteiger partial charge in [-0.05, 0) is 19.1 Å². The summed E-state index contributed by atoms with van der Waals surface area (Å²) in [5, 5.41) is 7.75. The van der Waals surface area contributed by atoms with Gasteiger partial charge in [-0.25, -0.2) is 0 Å². The first-order valence-corrected chi connectivity index (χ1v) is 7.11. The van der Waals surface area contributed by atoms with Crippen LogP contribution in [0.15, 0.2) is 34.7 Å². The van der Waals surface area contributed by atoms with Crippen LogP contribution in [0.5, 0.6) is 0 Å². The van der Waals surface area contributed by atoms with Crippen molar-refractivity contribution in [3.63, 3.8) is 0 Å². The largest absolute Gasteiger partial charge is 0.455 e. The average Bonchev–Trinajstić information content (AvgIpc) is 2.83. The summed E-state index contributed by atoms with van der Waals surface area (Å²) in [5.74, 6) is 0.136. The minimum Gasteiger partial charge on any atom is -0.455 e. The maximum absolute atomic E-state index is 11.9. The molecule has 7 heteroatoms. The molecular weight excluding hydrogens is 315 g/mol. The molecule has 0 N–H and O–H groups in total. The molecule has 3 rings (SSSR count). The normalized spacial score (nSPS) is 22.8. The van der Waals surface area contributed by atoms with Gasteiger partial charge in [-0.1, -0.05) is 18.2 Å². The number of hydrogen-bond donors (Lipinski definition) is 0. The highest BCUT2D eigenvalue weighted by molar-refractivity contribution is 6.53. The van der Waals surface area contributed by atoms with E-state index < -0.39 is 15.7 Å². The minimum atomic E-state index is -1.05. The molecule has 2 aromatic rings. The molecule has 0 unspecified atom stereocenters. The summed E-state index contributed by atoms with van der Waals surface area (Å²) in [6, 6.07) is 9.33. The molecule has 0 spiro atoms. The molecule has 1 fully saturated rings. The second-order valence-electron chi connectivity index (χ2n) is 5.16. The number of rotatable bonds is 4. The molecule has 1 aliphatic rings. The molecule has 110 valence electrons. The first-order chi connectivity index (χ1) is 9.92. The van der Waals surface area contributed by atoms with Crippen LogP contribution in [0.1, 0.15) is 19.2 Å². The topological polar surface area (TPSA) is 65.2 Å². The molecule has 0 aliphatic heterocycles. The van der Waals surface area contributed by atoms with Crippen molar-refractivity contribution < 1.29 is 13.9 Å². The molecule has 1 aromatic heterocycles. The lowest BCUT2D eigenvalue weighted by molar-refractivity contribution is -0.151. The van der Waals surface area contributed by atoms with E-state index in [4.69, 9.17) is 32.4 Å². The van der Waals surface area contributed by atoms with E-state index in [2.05, 4.69) is 10.2 Å². The highest BCUT2D eigenvalue weighted by Crippen LogP contribution is 2.64. The average molecular weight is 327 g/mol. The number of benzene rings is 1. The fourth-order valence-electron chi connectivity index (χ4n) is 1.92. The summed E-state index contributed by atoms with van der Waals surface area (Å²) in [7, 11) is 0. The third-order valence-electron chi connectivity index (χ3n) is 3.52. The van der Waals surface area contributed by atoms with Crippen molar-refractivity contribution in [3.8, 4) is 11.5 Å². The number of aromatic nitrogens is 2. The van der Waals surface area contributed by atoms with Gasteiger partial charge in [0.15, 0.2) is 6.61 Å². The van der Waals surface area contributed by atoms with Crippen molar-refractivity contribution in [2.45, 2.75) is 24.3 Å². The van der Waals surface area contributed by atoms with E-state index in [1.807, 2.05) is 30.3 Å².